The van der Waals surface area contributed by atoms with Gasteiger partial charge in [-0.25, -0.2) is 4.39 Å². The summed E-state index contributed by atoms with van der Waals surface area (Å²) in [5.74, 6) is 0.266. The first kappa shape index (κ1) is 11.6. The van der Waals surface area contributed by atoms with E-state index in [-0.39, 0.29) is 11.9 Å². The number of rotatable bonds is 2. The number of aliphatic hydroxyl groups excluding tert-OH is 1. The van der Waals surface area contributed by atoms with Crippen LogP contribution in [0.4, 0.5) is 4.39 Å². The van der Waals surface area contributed by atoms with Gasteiger partial charge in [-0.1, -0.05) is 25.1 Å². The van der Waals surface area contributed by atoms with Gasteiger partial charge in [-0.05, 0) is 31.4 Å². The summed E-state index contributed by atoms with van der Waals surface area (Å²) < 4.78 is 13.5. The molecule has 16 heavy (non-hydrogen) atoms. The third kappa shape index (κ3) is 2.42. The van der Waals surface area contributed by atoms with Crippen molar-refractivity contribution in [2.45, 2.75) is 31.9 Å². The maximum atomic E-state index is 13.5. The molecule has 0 spiro atoms. The fraction of sp³-hybridized carbons (Fsp3) is 0.538. The molecule has 1 aromatic rings. The SMILES string of the molecule is CC1CCNC(C(O)c2ccccc2F)C1. The Labute approximate surface area is 95.5 Å². The Bertz CT molecular complexity index is 356. The maximum Gasteiger partial charge on any atom is 0.129 e. The predicted octanol–water partition coefficient (Wildman–Crippen LogP) is 2.25. The van der Waals surface area contributed by atoms with E-state index in [1.807, 2.05) is 0 Å². The number of nitrogens with one attached hydrogen (secondary N) is 1. The third-order valence-corrected chi connectivity index (χ3v) is 3.30. The Hall–Kier alpha value is -0.930. The lowest BCUT2D eigenvalue weighted by Gasteiger charge is -2.32. The number of halogens is 1. The van der Waals surface area contributed by atoms with Gasteiger partial charge in [-0.2, -0.15) is 0 Å². The van der Waals surface area contributed by atoms with Crippen LogP contribution < -0.4 is 5.32 Å². The Balaban J connectivity index is 2.12. The van der Waals surface area contributed by atoms with Gasteiger partial charge in [-0.3, -0.25) is 0 Å². The van der Waals surface area contributed by atoms with Crippen LogP contribution in [0.25, 0.3) is 0 Å². The van der Waals surface area contributed by atoms with Crippen molar-refractivity contribution < 1.29 is 9.50 Å². The summed E-state index contributed by atoms with van der Waals surface area (Å²) in [5, 5.41) is 13.4. The van der Waals surface area contributed by atoms with Gasteiger partial charge in [0.2, 0.25) is 0 Å². The van der Waals surface area contributed by atoms with Gasteiger partial charge >= 0.3 is 0 Å². The summed E-state index contributed by atoms with van der Waals surface area (Å²) >= 11 is 0. The molecule has 1 fully saturated rings. The molecule has 1 saturated heterocycles. The zero-order chi connectivity index (χ0) is 11.5. The largest absolute Gasteiger partial charge is 0.387 e. The predicted molar refractivity (Wildman–Crippen MR) is 61.5 cm³/mol. The van der Waals surface area contributed by atoms with E-state index in [1.54, 1.807) is 18.2 Å². The van der Waals surface area contributed by atoms with Gasteiger partial charge in [0.1, 0.15) is 5.82 Å². The first-order valence-electron chi connectivity index (χ1n) is 5.84. The van der Waals surface area contributed by atoms with E-state index >= 15 is 0 Å². The van der Waals surface area contributed by atoms with Gasteiger partial charge in [0.25, 0.3) is 0 Å². The molecular weight excluding hydrogens is 205 g/mol. The molecule has 2 N–H and O–H groups in total. The molecule has 0 bridgehead atoms. The van der Waals surface area contributed by atoms with Crippen LogP contribution >= 0.6 is 0 Å². The zero-order valence-corrected chi connectivity index (χ0v) is 9.49. The van der Waals surface area contributed by atoms with Crippen molar-refractivity contribution in [2.75, 3.05) is 6.54 Å². The lowest BCUT2D eigenvalue weighted by molar-refractivity contribution is 0.0982. The van der Waals surface area contributed by atoms with E-state index in [2.05, 4.69) is 12.2 Å². The van der Waals surface area contributed by atoms with Crippen LogP contribution in [-0.4, -0.2) is 17.7 Å². The van der Waals surface area contributed by atoms with Crippen molar-refractivity contribution in [3.63, 3.8) is 0 Å². The number of hydrogen-bond acceptors (Lipinski definition) is 2. The van der Waals surface area contributed by atoms with Crippen LogP contribution in [0.3, 0.4) is 0 Å². The maximum absolute atomic E-state index is 13.5. The number of hydrogen-bond donors (Lipinski definition) is 2. The topological polar surface area (TPSA) is 32.3 Å². The Kier molecular flexibility index (Phi) is 3.56. The molecule has 1 heterocycles. The average molecular weight is 223 g/mol. The van der Waals surface area contributed by atoms with Gasteiger partial charge < -0.3 is 10.4 Å². The van der Waals surface area contributed by atoms with Gasteiger partial charge in [-0.15, -0.1) is 0 Å². The second-order valence-electron chi connectivity index (χ2n) is 4.66. The van der Waals surface area contributed by atoms with E-state index in [0.717, 1.165) is 19.4 Å². The van der Waals surface area contributed by atoms with Crippen molar-refractivity contribution in [2.24, 2.45) is 5.92 Å². The second-order valence-corrected chi connectivity index (χ2v) is 4.66. The van der Waals surface area contributed by atoms with Crippen LogP contribution in [-0.2, 0) is 0 Å². The molecule has 3 heteroatoms. The minimum Gasteiger partial charge on any atom is -0.387 e. The van der Waals surface area contributed by atoms with Crippen LogP contribution in [0.2, 0.25) is 0 Å². The smallest absolute Gasteiger partial charge is 0.129 e. The minimum atomic E-state index is -0.746. The Morgan fingerprint density at radius 2 is 2.19 bits per heavy atom. The summed E-state index contributed by atoms with van der Waals surface area (Å²) in [7, 11) is 0. The van der Waals surface area contributed by atoms with Crippen molar-refractivity contribution >= 4 is 0 Å². The molecular formula is C13H18FNO. The normalized spacial score (nSPS) is 27.7. The lowest BCUT2D eigenvalue weighted by Crippen LogP contribution is -2.41. The Morgan fingerprint density at radius 3 is 2.88 bits per heavy atom. The van der Waals surface area contributed by atoms with Crippen LogP contribution in [0, 0.1) is 11.7 Å². The first-order chi connectivity index (χ1) is 7.68. The quantitative estimate of drug-likeness (QED) is 0.806. The highest BCUT2D eigenvalue weighted by Crippen LogP contribution is 2.27. The highest BCUT2D eigenvalue weighted by Gasteiger charge is 2.27. The molecule has 88 valence electrons. The van der Waals surface area contributed by atoms with Crippen molar-refractivity contribution in [1.82, 2.24) is 5.32 Å². The van der Waals surface area contributed by atoms with Gasteiger partial charge in [0, 0.05) is 11.6 Å². The summed E-state index contributed by atoms with van der Waals surface area (Å²) in [4.78, 5) is 0. The first-order valence-corrected chi connectivity index (χ1v) is 5.84. The summed E-state index contributed by atoms with van der Waals surface area (Å²) in [6, 6.07) is 6.42. The number of aliphatic hydroxyl groups is 1. The highest BCUT2D eigenvalue weighted by molar-refractivity contribution is 5.21. The van der Waals surface area contributed by atoms with E-state index in [9.17, 15) is 9.50 Å². The van der Waals surface area contributed by atoms with Crippen LogP contribution in [0.15, 0.2) is 24.3 Å². The molecule has 1 aromatic carbocycles. The number of piperidine rings is 1. The fourth-order valence-corrected chi connectivity index (χ4v) is 2.32. The van der Waals surface area contributed by atoms with E-state index in [4.69, 9.17) is 0 Å². The second kappa shape index (κ2) is 4.93. The van der Waals surface area contributed by atoms with Crippen molar-refractivity contribution in [3.05, 3.63) is 35.6 Å². The van der Waals surface area contributed by atoms with E-state index < -0.39 is 6.10 Å². The van der Waals surface area contributed by atoms with Crippen molar-refractivity contribution in [3.8, 4) is 0 Å². The molecule has 0 amide bonds. The summed E-state index contributed by atoms with van der Waals surface area (Å²) in [6.45, 7) is 3.07. The fourth-order valence-electron chi connectivity index (χ4n) is 2.32. The Morgan fingerprint density at radius 1 is 1.44 bits per heavy atom. The molecule has 2 nitrogen and oxygen atoms in total. The molecule has 0 saturated carbocycles. The molecule has 3 atom stereocenters. The molecule has 1 aliphatic heterocycles. The minimum absolute atomic E-state index is 0.0272. The lowest BCUT2D eigenvalue weighted by atomic mass is 9.88. The molecule has 0 radical (unpaired) electrons. The van der Waals surface area contributed by atoms with Crippen LogP contribution in [0.1, 0.15) is 31.4 Å². The highest BCUT2D eigenvalue weighted by atomic mass is 19.1. The summed E-state index contributed by atoms with van der Waals surface area (Å²) in [5.41, 5.74) is 0.397. The van der Waals surface area contributed by atoms with E-state index in [0.29, 0.717) is 11.5 Å². The zero-order valence-electron chi connectivity index (χ0n) is 9.49. The standard InChI is InChI=1S/C13H18FNO/c1-9-6-7-15-12(8-9)13(16)10-4-2-3-5-11(10)14/h2-5,9,12-13,15-16H,6-8H2,1H3. The molecule has 3 unspecified atom stereocenters. The summed E-state index contributed by atoms with van der Waals surface area (Å²) in [6.07, 6.45) is 1.28. The average Bonchev–Trinajstić information content (AvgIpc) is 2.29. The number of benzene rings is 1. The third-order valence-electron chi connectivity index (χ3n) is 3.30. The molecule has 1 aliphatic rings. The van der Waals surface area contributed by atoms with E-state index in [1.165, 1.54) is 6.07 Å². The van der Waals surface area contributed by atoms with Crippen LogP contribution in [0.5, 0.6) is 0 Å². The molecule has 0 aromatic heterocycles. The van der Waals surface area contributed by atoms with Gasteiger partial charge in [0.15, 0.2) is 0 Å². The van der Waals surface area contributed by atoms with Crippen molar-refractivity contribution in [1.29, 1.82) is 0 Å². The molecule has 0 aliphatic carbocycles. The monoisotopic (exact) mass is 223 g/mol. The van der Waals surface area contributed by atoms with Gasteiger partial charge in [0.05, 0.1) is 6.10 Å². The molecule has 2 rings (SSSR count).